The number of rotatable bonds is 17. The zero-order chi connectivity index (χ0) is 29.0. The highest BCUT2D eigenvalue weighted by atomic mass is 32.2. The molecule has 214 valence electrons. The third kappa shape index (κ3) is 20.8. The number of carboxylic acids is 1. The first-order valence-electron chi connectivity index (χ1n) is 12.3. The molecule has 1 amide bonds. The lowest BCUT2D eigenvalue weighted by Crippen LogP contribution is -2.48. The van der Waals surface area contributed by atoms with E-state index in [9.17, 15) is 14.7 Å². The molecule has 0 aromatic heterocycles. The number of aliphatic carboxylic acids is 1. The van der Waals surface area contributed by atoms with Crippen molar-refractivity contribution >= 4 is 23.6 Å². The van der Waals surface area contributed by atoms with E-state index in [1.807, 2.05) is 0 Å². The summed E-state index contributed by atoms with van der Waals surface area (Å²) in [5, 5.41) is 47.1. The van der Waals surface area contributed by atoms with Crippen LogP contribution in [0.4, 0.5) is 0 Å². The lowest BCUT2D eigenvalue weighted by molar-refractivity contribution is -0.140. The molecule has 10 heteroatoms. The summed E-state index contributed by atoms with van der Waals surface area (Å²) >= 11 is 1.52. The van der Waals surface area contributed by atoms with Gasteiger partial charge in [-0.05, 0) is 53.4 Å². The van der Waals surface area contributed by atoms with Crippen LogP contribution in [0.5, 0.6) is 0 Å². The number of nitrogens with two attached hydrogens (primary N) is 1. The molecule has 0 saturated heterocycles. The Balaban J connectivity index is 0. The summed E-state index contributed by atoms with van der Waals surface area (Å²) in [7, 11) is 0. The number of amides is 1. The molecule has 0 aromatic carbocycles. The van der Waals surface area contributed by atoms with Crippen LogP contribution in [0.15, 0.2) is 47.6 Å². The van der Waals surface area contributed by atoms with Gasteiger partial charge in [0.05, 0.1) is 12.6 Å². The number of carbonyl (C=O) groups is 2. The maximum Gasteiger partial charge on any atom is 0.327 e. The average Bonchev–Trinajstić information content (AvgIpc) is 2.83. The maximum absolute atomic E-state index is 11.0. The number of aliphatic hydroxyl groups is 4. The third-order valence-electron chi connectivity index (χ3n) is 5.23. The van der Waals surface area contributed by atoms with Crippen molar-refractivity contribution in [2.45, 2.75) is 90.7 Å². The third-order valence-corrected chi connectivity index (χ3v) is 6.20. The lowest BCUT2D eigenvalue weighted by atomic mass is 10.0. The van der Waals surface area contributed by atoms with Gasteiger partial charge >= 0.3 is 5.97 Å². The highest BCUT2D eigenvalue weighted by Crippen LogP contribution is 2.13. The van der Waals surface area contributed by atoms with Crippen LogP contribution in [0.2, 0.25) is 0 Å². The van der Waals surface area contributed by atoms with Crippen molar-refractivity contribution in [1.82, 2.24) is 5.32 Å². The fourth-order valence-electron chi connectivity index (χ4n) is 2.85. The summed E-state index contributed by atoms with van der Waals surface area (Å²) in [6, 6.07) is -1.64. The fraction of sp³-hybridized carbons (Fsp3) is 0.630. The molecule has 0 fully saturated rings. The second-order valence-electron chi connectivity index (χ2n) is 9.13. The molecule has 0 aliphatic carbocycles. The summed E-state index contributed by atoms with van der Waals surface area (Å²) in [6.07, 6.45) is 8.09. The smallest absolute Gasteiger partial charge is 0.327 e. The number of carboxylic acid groups (broad SMARTS) is 1. The minimum Gasteiger partial charge on any atom is -0.480 e. The predicted octanol–water partition coefficient (Wildman–Crippen LogP) is 2.30. The predicted molar refractivity (Wildman–Crippen MR) is 151 cm³/mol. The van der Waals surface area contributed by atoms with Gasteiger partial charge in [0.25, 0.3) is 0 Å². The van der Waals surface area contributed by atoms with Gasteiger partial charge in [0.15, 0.2) is 0 Å². The van der Waals surface area contributed by atoms with Crippen LogP contribution in [-0.4, -0.2) is 85.9 Å². The zero-order valence-electron chi connectivity index (χ0n) is 22.9. The summed E-state index contributed by atoms with van der Waals surface area (Å²) in [6.45, 7) is 12.6. The molecule has 5 atom stereocenters. The SMILES string of the molecule is C=C[C@H](N)[C@@H](O)[C@H](O)[C@H](O)CO.CC(=O)N[C@H](CSC/C=C(\C)CC/C=C(\C)CCC=C(C)C)C(=O)O. The molecule has 0 aliphatic heterocycles. The Hall–Kier alpha value is -1.95. The monoisotopic (exact) mass is 544 g/mol. The van der Waals surface area contributed by atoms with Crippen molar-refractivity contribution in [2.75, 3.05) is 18.1 Å². The number of hydrogen-bond donors (Lipinski definition) is 7. The normalized spacial score (nSPS) is 15.8. The number of thioether (sulfide) groups is 1. The van der Waals surface area contributed by atoms with E-state index in [2.05, 4.69) is 57.8 Å². The molecule has 0 saturated carbocycles. The van der Waals surface area contributed by atoms with E-state index in [4.69, 9.17) is 26.2 Å². The molecule has 0 heterocycles. The van der Waals surface area contributed by atoms with Gasteiger partial charge in [-0.15, -0.1) is 6.58 Å². The Morgan fingerprint density at radius 3 is 1.95 bits per heavy atom. The quantitative estimate of drug-likeness (QED) is 0.107. The van der Waals surface area contributed by atoms with Crippen LogP contribution in [0.25, 0.3) is 0 Å². The molecule has 9 nitrogen and oxygen atoms in total. The lowest BCUT2D eigenvalue weighted by Gasteiger charge is -2.24. The first-order chi connectivity index (χ1) is 17.3. The number of nitrogens with one attached hydrogen (secondary N) is 1. The second kappa shape index (κ2) is 22.1. The first kappa shape index (κ1) is 37.2. The summed E-state index contributed by atoms with van der Waals surface area (Å²) in [5.74, 6) is -0.163. The largest absolute Gasteiger partial charge is 0.480 e. The van der Waals surface area contributed by atoms with Crippen molar-refractivity contribution in [2.24, 2.45) is 5.73 Å². The van der Waals surface area contributed by atoms with E-state index in [1.54, 1.807) is 0 Å². The van der Waals surface area contributed by atoms with Crippen LogP contribution in [0.3, 0.4) is 0 Å². The highest BCUT2D eigenvalue weighted by molar-refractivity contribution is 7.99. The molecular weight excluding hydrogens is 496 g/mol. The van der Waals surface area contributed by atoms with Crippen molar-refractivity contribution in [3.63, 3.8) is 0 Å². The Morgan fingerprint density at radius 1 is 0.946 bits per heavy atom. The molecule has 0 rings (SSSR count). The first-order valence-corrected chi connectivity index (χ1v) is 13.5. The van der Waals surface area contributed by atoms with E-state index in [1.165, 1.54) is 41.5 Å². The van der Waals surface area contributed by atoms with Crippen molar-refractivity contribution in [3.8, 4) is 0 Å². The molecule has 37 heavy (non-hydrogen) atoms. The van der Waals surface area contributed by atoms with Gasteiger partial charge < -0.3 is 36.6 Å². The van der Waals surface area contributed by atoms with Gasteiger partial charge in [0.1, 0.15) is 24.4 Å². The minimum absolute atomic E-state index is 0.313. The van der Waals surface area contributed by atoms with E-state index in [0.29, 0.717) is 5.75 Å². The van der Waals surface area contributed by atoms with E-state index >= 15 is 0 Å². The molecule has 0 aliphatic rings. The van der Waals surface area contributed by atoms with E-state index < -0.39 is 43.0 Å². The summed E-state index contributed by atoms with van der Waals surface area (Å²) in [5.41, 5.74) is 9.40. The maximum atomic E-state index is 11.0. The molecular formula is C27H48N2O7S. The number of allylic oxidation sites excluding steroid dienone is 5. The number of carbonyl (C=O) groups excluding carboxylic acids is 1. The van der Waals surface area contributed by atoms with Gasteiger partial charge in [0, 0.05) is 18.4 Å². The van der Waals surface area contributed by atoms with Crippen molar-refractivity contribution < 1.29 is 35.1 Å². The minimum atomic E-state index is -1.46. The van der Waals surface area contributed by atoms with Crippen LogP contribution < -0.4 is 11.1 Å². The zero-order valence-corrected chi connectivity index (χ0v) is 23.7. The molecule has 0 aromatic rings. The Labute approximate surface area is 226 Å². The molecule has 0 spiro atoms. The van der Waals surface area contributed by atoms with Gasteiger partial charge in [0.2, 0.25) is 5.91 Å². The van der Waals surface area contributed by atoms with Gasteiger partial charge in [-0.3, -0.25) is 4.79 Å². The van der Waals surface area contributed by atoms with Gasteiger partial charge in [-0.1, -0.05) is 41.0 Å². The molecule has 8 N–H and O–H groups in total. The number of aliphatic hydroxyl groups excluding tert-OH is 4. The van der Waals surface area contributed by atoms with Crippen LogP contribution >= 0.6 is 11.8 Å². The van der Waals surface area contributed by atoms with Crippen LogP contribution in [0, 0.1) is 0 Å². The van der Waals surface area contributed by atoms with Gasteiger partial charge in [-0.25, -0.2) is 4.79 Å². The van der Waals surface area contributed by atoms with E-state index in [0.717, 1.165) is 31.4 Å². The fourth-order valence-corrected chi connectivity index (χ4v) is 3.85. The van der Waals surface area contributed by atoms with E-state index in [-0.39, 0.29) is 5.91 Å². The summed E-state index contributed by atoms with van der Waals surface area (Å²) in [4.78, 5) is 22.0. The topological polar surface area (TPSA) is 173 Å². The standard InChI is InChI=1S/C20H33NO3S.C7H15NO4/c1-15(2)8-6-9-16(3)10-7-11-17(4)12-13-25-14-19(20(23)24)21-18(5)22;1-2-4(8)6(11)7(12)5(10)3-9/h8,10,12,19H,6-7,9,11,13-14H2,1-5H3,(H,21,22)(H,23,24);2,4-7,9-12H,1,3,8H2/b16-10+,17-12+;/t19-;4-,5+,6+,7+/m10/s1. The molecule has 0 radical (unpaired) electrons. The molecule has 0 bridgehead atoms. The molecule has 0 unspecified atom stereocenters. The second-order valence-corrected chi connectivity index (χ2v) is 10.2. The van der Waals surface area contributed by atoms with Crippen LogP contribution in [0.1, 0.15) is 60.3 Å². The Morgan fingerprint density at radius 2 is 1.49 bits per heavy atom. The van der Waals surface area contributed by atoms with Crippen molar-refractivity contribution in [1.29, 1.82) is 0 Å². The van der Waals surface area contributed by atoms with Crippen LogP contribution in [-0.2, 0) is 9.59 Å². The Kier molecular flexibility index (Phi) is 22.2. The number of hydrogen-bond acceptors (Lipinski definition) is 8. The average molecular weight is 545 g/mol. The summed E-state index contributed by atoms with van der Waals surface area (Å²) < 4.78 is 0. The Bertz CT molecular complexity index is 764. The van der Waals surface area contributed by atoms with Crippen molar-refractivity contribution in [3.05, 3.63) is 47.6 Å². The van der Waals surface area contributed by atoms with Gasteiger partial charge in [-0.2, -0.15) is 11.8 Å². The highest BCUT2D eigenvalue weighted by Gasteiger charge is 2.27.